The van der Waals surface area contributed by atoms with Crippen molar-refractivity contribution < 1.29 is 0 Å². The summed E-state index contributed by atoms with van der Waals surface area (Å²) in [6.07, 6.45) is 4.57. The van der Waals surface area contributed by atoms with Gasteiger partial charge in [0.15, 0.2) is 0 Å². The molecular formula is C13H17N3. The number of nitriles is 1. The van der Waals surface area contributed by atoms with Gasteiger partial charge < -0.3 is 5.32 Å². The lowest BCUT2D eigenvalue weighted by Crippen LogP contribution is -2.45. The zero-order valence-electron chi connectivity index (χ0n) is 9.61. The second-order valence-electron chi connectivity index (χ2n) is 4.42. The minimum Gasteiger partial charge on any atom is -0.314 e. The van der Waals surface area contributed by atoms with Crippen molar-refractivity contribution in [2.75, 3.05) is 6.54 Å². The predicted octanol–water partition coefficient (Wildman–Crippen LogP) is 2.00. The van der Waals surface area contributed by atoms with E-state index in [1.165, 1.54) is 0 Å². The fourth-order valence-corrected chi connectivity index (χ4v) is 2.41. The molecule has 1 aliphatic rings. The Balaban J connectivity index is 2.30. The van der Waals surface area contributed by atoms with Gasteiger partial charge in [-0.15, -0.1) is 0 Å². The summed E-state index contributed by atoms with van der Waals surface area (Å²) in [7, 11) is 0. The molecule has 3 nitrogen and oxygen atoms in total. The Morgan fingerprint density at radius 2 is 2.50 bits per heavy atom. The van der Waals surface area contributed by atoms with Crippen molar-refractivity contribution >= 4 is 0 Å². The average Bonchev–Trinajstić information content (AvgIpc) is 2.39. The first kappa shape index (κ1) is 11.1. The molecule has 1 saturated heterocycles. The van der Waals surface area contributed by atoms with Gasteiger partial charge in [0.2, 0.25) is 0 Å². The predicted molar refractivity (Wildman–Crippen MR) is 62.8 cm³/mol. The molecule has 16 heavy (non-hydrogen) atoms. The summed E-state index contributed by atoms with van der Waals surface area (Å²) in [6, 6.07) is 8.77. The molecule has 2 unspecified atom stereocenters. The number of nitrogens with one attached hydrogen (secondary N) is 1. The number of aromatic nitrogens is 1. The minimum absolute atomic E-state index is 0.382. The first-order chi connectivity index (χ1) is 7.80. The van der Waals surface area contributed by atoms with Gasteiger partial charge in [-0.05, 0) is 37.9 Å². The van der Waals surface area contributed by atoms with Crippen molar-refractivity contribution in [2.45, 2.75) is 37.6 Å². The van der Waals surface area contributed by atoms with E-state index in [0.717, 1.165) is 31.5 Å². The molecule has 1 fully saturated rings. The molecule has 1 aromatic heterocycles. The van der Waals surface area contributed by atoms with Crippen LogP contribution in [0.2, 0.25) is 0 Å². The Bertz CT molecular complexity index is 382. The molecule has 1 aromatic rings. The molecule has 0 radical (unpaired) electrons. The molecule has 2 heterocycles. The molecule has 3 heteroatoms. The van der Waals surface area contributed by atoms with Crippen LogP contribution < -0.4 is 5.32 Å². The third-order valence-electron chi connectivity index (χ3n) is 3.44. The summed E-state index contributed by atoms with van der Waals surface area (Å²) in [5, 5.41) is 12.9. The van der Waals surface area contributed by atoms with Gasteiger partial charge in [-0.1, -0.05) is 13.0 Å². The van der Waals surface area contributed by atoms with Crippen molar-refractivity contribution in [3.8, 4) is 6.07 Å². The summed E-state index contributed by atoms with van der Waals surface area (Å²) < 4.78 is 0. The molecule has 0 bridgehead atoms. The number of hydrogen-bond donors (Lipinski definition) is 1. The molecule has 0 aliphatic carbocycles. The van der Waals surface area contributed by atoms with Crippen LogP contribution in [0.4, 0.5) is 0 Å². The zero-order valence-corrected chi connectivity index (χ0v) is 9.61. The molecule has 2 rings (SSSR count). The van der Waals surface area contributed by atoms with Gasteiger partial charge in [0.25, 0.3) is 0 Å². The lowest BCUT2D eigenvalue weighted by Gasteiger charge is -2.35. The largest absolute Gasteiger partial charge is 0.314 e. The minimum atomic E-state index is -0.382. The van der Waals surface area contributed by atoms with Gasteiger partial charge in [-0.3, -0.25) is 4.98 Å². The topological polar surface area (TPSA) is 48.7 Å². The maximum atomic E-state index is 9.49. The summed E-state index contributed by atoms with van der Waals surface area (Å²) >= 11 is 0. The van der Waals surface area contributed by atoms with Gasteiger partial charge in [-0.25, -0.2) is 0 Å². The van der Waals surface area contributed by atoms with E-state index in [2.05, 4.69) is 23.3 Å². The summed E-state index contributed by atoms with van der Waals surface area (Å²) in [6.45, 7) is 3.06. The fraction of sp³-hybridized carbons (Fsp3) is 0.538. The molecule has 0 saturated carbocycles. The molecular weight excluding hydrogens is 198 g/mol. The maximum Gasteiger partial charge on any atom is 0.102 e. The van der Waals surface area contributed by atoms with E-state index in [1.807, 2.05) is 18.2 Å². The SMILES string of the molecule is CCC1CC(C#N)(c2ccccn2)CCN1. The van der Waals surface area contributed by atoms with Crippen LogP contribution in [0.1, 0.15) is 31.9 Å². The van der Waals surface area contributed by atoms with Gasteiger partial charge in [0, 0.05) is 12.2 Å². The molecule has 0 aromatic carbocycles. The second kappa shape index (κ2) is 4.63. The highest BCUT2D eigenvalue weighted by molar-refractivity contribution is 5.27. The third kappa shape index (κ3) is 1.94. The Morgan fingerprint density at radius 3 is 3.12 bits per heavy atom. The van der Waals surface area contributed by atoms with E-state index in [4.69, 9.17) is 0 Å². The summed E-state index contributed by atoms with van der Waals surface area (Å²) in [5.74, 6) is 0. The zero-order chi connectivity index (χ0) is 11.4. The normalized spacial score (nSPS) is 29.6. The van der Waals surface area contributed by atoms with Crippen molar-refractivity contribution in [3.63, 3.8) is 0 Å². The van der Waals surface area contributed by atoms with Crippen LogP contribution in [0, 0.1) is 11.3 Å². The highest BCUT2D eigenvalue weighted by Gasteiger charge is 2.38. The summed E-state index contributed by atoms with van der Waals surface area (Å²) in [4.78, 5) is 4.36. The number of nitrogens with zero attached hydrogens (tertiary/aromatic N) is 2. The standard InChI is InChI=1S/C13H17N3/c1-2-11-9-13(10-14,6-8-15-11)12-5-3-4-7-16-12/h3-5,7,11,15H,2,6,8-9H2,1H3. The van der Waals surface area contributed by atoms with Crippen molar-refractivity contribution in [1.82, 2.24) is 10.3 Å². The van der Waals surface area contributed by atoms with E-state index in [9.17, 15) is 5.26 Å². The number of piperidine rings is 1. The molecule has 0 amide bonds. The number of rotatable bonds is 2. The number of hydrogen-bond acceptors (Lipinski definition) is 3. The Labute approximate surface area is 96.5 Å². The van der Waals surface area contributed by atoms with Crippen LogP contribution in [-0.2, 0) is 5.41 Å². The highest BCUT2D eigenvalue weighted by atomic mass is 14.9. The second-order valence-corrected chi connectivity index (χ2v) is 4.42. The van der Waals surface area contributed by atoms with E-state index >= 15 is 0 Å². The fourth-order valence-electron chi connectivity index (χ4n) is 2.41. The maximum absolute atomic E-state index is 9.49. The quantitative estimate of drug-likeness (QED) is 0.821. The van der Waals surface area contributed by atoms with Gasteiger partial charge in [0.05, 0.1) is 11.8 Å². The van der Waals surface area contributed by atoms with Crippen LogP contribution in [0.5, 0.6) is 0 Å². The van der Waals surface area contributed by atoms with Crippen molar-refractivity contribution in [2.24, 2.45) is 0 Å². The van der Waals surface area contributed by atoms with Crippen molar-refractivity contribution in [3.05, 3.63) is 30.1 Å². The highest BCUT2D eigenvalue weighted by Crippen LogP contribution is 2.34. The Kier molecular flexibility index (Phi) is 3.21. The molecule has 1 aliphatic heterocycles. The smallest absolute Gasteiger partial charge is 0.102 e. The van der Waals surface area contributed by atoms with Gasteiger partial charge >= 0.3 is 0 Å². The molecule has 0 spiro atoms. The van der Waals surface area contributed by atoms with Gasteiger partial charge in [-0.2, -0.15) is 5.26 Å². The van der Waals surface area contributed by atoms with Gasteiger partial charge in [0.1, 0.15) is 5.41 Å². The molecule has 2 atom stereocenters. The molecule has 84 valence electrons. The summed E-state index contributed by atoms with van der Waals surface area (Å²) in [5.41, 5.74) is 0.546. The monoisotopic (exact) mass is 215 g/mol. The first-order valence-corrected chi connectivity index (χ1v) is 5.87. The van der Waals surface area contributed by atoms with Crippen LogP contribution in [0.15, 0.2) is 24.4 Å². The first-order valence-electron chi connectivity index (χ1n) is 5.87. The van der Waals surface area contributed by atoms with Crippen LogP contribution in [-0.4, -0.2) is 17.6 Å². The van der Waals surface area contributed by atoms with Crippen LogP contribution >= 0.6 is 0 Å². The van der Waals surface area contributed by atoms with E-state index in [0.29, 0.717) is 6.04 Å². The third-order valence-corrected chi connectivity index (χ3v) is 3.44. The van der Waals surface area contributed by atoms with E-state index in [-0.39, 0.29) is 5.41 Å². The Morgan fingerprint density at radius 1 is 1.62 bits per heavy atom. The average molecular weight is 215 g/mol. The van der Waals surface area contributed by atoms with Crippen LogP contribution in [0.3, 0.4) is 0 Å². The Hall–Kier alpha value is -1.40. The lowest BCUT2D eigenvalue weighted by molar-refractivity contribution is 0.296. The number of pyridine rings is 1. The van der Waals surface area contributed by atoms with E-state index < -0.39 is 0 Å². The lowest BCUT2D eigenvalue weighted by atomic mass is 9.74. The van der Waals surface area contributed by atoms with Crippen molar-refractivity contribution in [1.29, 1.82) is 5.26 Å². The van der Waals surface area contributed by atoms with Crippen LogP contribution in [0.25, 0.3) is 0 Å². The molecule has 1 N–H and O–H groups in total. The van der Waals surface area contributed by atoms with E-state index in [1.54, 1.807) is 6.20 Å².